The van der Waals surface area contributed by atoms with Crippen molar-refractivity contribution in [3.05, 3.63) is 53.6 Å². The maximum atomic E-state index is 13.4. The van der Waals surface area contributed by atoms with Crippen molar-refractivity contribution < 1.29 is 29.1 Å². The highest BCUT2D eigenvalue weighted by molar-refractivity contribution is 5.94. The molecule has 0 heterocycles. The fraction of sp³-hybridized carbons (Fsp3) is 0.500. The molecule has 0 aromatic heterocycles. The number of benzene rings is 2. The Bertz CT molecular complexity index is 1070. The lowest BCUT2D eigenvalue weighted by molar-refractivity contribution is -0.132. The molecule has 214 valence electrons. The molecule has 0 radical (unpaired) electrons. The summed E-state index contributed by atoms with van der Waals surface area (Å²) in [6, 6.07) is 13.1. The Balaban J connectivity index is 2.15. The summed E-state index contributed by atoms with van der Waals surface area (Å²) in [5, 5.41) is 11.7. The molecule has 2 atom stereocenters. The first-order chi connectivity index (χ1) is 18.8. The lowest BCUT2D eigenvalue weighted by atomic mass is 9.91. The summed E-state index contributed by atoms with van der Waals surface area (Å²) in [6.45, 7) is 7.23. The summed E-state index contributed by atoms with van der Waals surface area (Å²) in [7, 11) is 3.11. The van der Waals surface area contributed by atoms with Gasteiger partial charge >= 0.3 is 0 Å². The van der Waals surface area contributed by atoms with Crippen LogP contribution in [-0.2, 0) is 20.8 Å². The number of hydrogen-bond donors (Lipinski definition) is 3. The predicted molar refractivity (Wildman–Crippen MR) is 151 cm³/mol. The lowest BCUT2D eigenvalue weighted by Gasteiger charge is -2.23. The van der Waals surface area contributed by atoms with Gasteiger partial charge in [0.1, 0.15) is 11.5 Å². The van der Waals surface area contributed by atoms with Crippen LogP contribution in [0.3, 0.4) is 0 Å². The van der Waals surface area contributed by atoms with E-state index in [9.17, 15) is 14.4 Å². The van der Waals surface area contributed by atoms with E-state index in [1.807, 2.05) is 49.9 Å². The first kappa shape index (κ1) is 31.6. The summed E-state index contributed by atoms with van der Waals surface area (Å²) in [6.07, 6.45) is 3.53. The average molecular weight is 542 g/mol. The Morgan fingerprint density at radius 3 is 2.23 bits per heavy atom. The molecule has 3 N–H and O–H groups in total. The number of carbonyl (C=O) groups is 3. The van der Waals surface area contributed by atoms with Gasteiger partial charge in [0.15, 0.2) is 0 Å². The summed E-state index contributed by atoms with van der Waals surface area (Å²) in [4.78, 5) is 39.3. The smallest absolute Gasteiger partial charge is 0.243 e. The molecule has 0 spiro atoms. The molecule has 0 saturated carbocycles. The minimum Gasteiger partial charge on any atom is -0.497 e. The fourth-order valence-electron chi connectivity index (χ4n) is 4.55. The predicted octanol–water partition coefficient (Wildman–Crippen LogP) is 4.93. The number of unbranched alkanes of at least 4 members (excludes halogenated alkanes) is 2. The van der Waals surface area contributed by atoms with Gasteiger partial charge in [-0.1, -0.05) is 37.1 Å². The van der Waals surface area contributed by atoms with Crippen molar-refractivity contribution in [3.8, 4) is 11.5 Å². The van der Waals surface area contributed by atoms with Crippen molar-refractivity contribution >= 4 is 23.4 Å². The second-order valence-electron chi connectivity index (χ2n) is 9.56. The van der Waals surface area contributed by atoms with E-state index in [1.54, 1.807) is 30.8 Å². The van der Waals surface area contributed by atoms with E-state index in [4.69, 9.17) is 14.7 Å². The third-order valence-corrected chi connectivity index (χ3v) is 7.03. The fourth-order valence-corrected chi connectivity index (χ4v) is 4.55. The zero-order valence-electron chi connectivity index (χ0n) is 23.8. The number of anilines is 1. The minimum absolute atomic E-state index is 0.105. The maximum absolute atomic E-state index is 13.4. The van der Waals surface area contributed by atoms with E-state index in [-0.39, 0.29) is 30.1 Å². The highest BCUT2D eigenvalue weighted by Gasteiger charge is 2.22. The molecule has 0 aliphatic rings. The summed E-state index contributed by atoms with van der Waals surface area (Å²) < 4.78 is 10.7. The molecule has 2 aromatic rings. The van der Waals surface area contributed by atoms with Gasteiger partial charge in [-0.15, -0.1) is 0 Å². The highest BCUT2D eigenvalue weighted by atomic mass is 16.5. The number of methoxy groups -OCH3 is 2. The highest BCUT2D eigenvalue weighted by Crippen LogP contribution is 2.30. The van der Waals surface area contributed by atoms with Gasteiger partial charge in [-0.3, -0.25) is 19.6 Å². The van der Waals surface area contributed by atoms with E-state index in [0.29, 0.717) is 49.5 Å². The third-order valence-electron chi connectivity index (χ3n) is 7.03. The van der Waals surface area contributed by atoms with E-state index in [2.05, 4.69) is 5.32 Å². The van der Waals surface area contributed by atoms with Gasteiger partial charge in [0.25, 0.3) is 0 Å². The van der Waals surface area contributed by atoms with Crippen molar-refractivity contribution in [3.63, 3.8) is 0 Å². The SMILES string of the molecule is CCN(CC)C(=O)C(C)c1ccc(CC(CCCCCC(=O)NO)C(=O)Nc2ccc(OC)cc2OC)cc1. The molecule has 0 aliphatic carbocycles. The normalized spacial score (nSPS) is 12.3. The molecule has 9 heteroatoms. The van der Waals surface area contributed by atoms with E-state index in [1.165, 1.54) is 7.11 Å². The number of rotatable bonds is 16. The van der Waals surface area contributed by atoms with Crippen LogP contribution in [0.2, 0.25) is 0 Å². The van der Waals surface area contributed by atoms with E-state index >= 15 is 0 Å². The van der Waals surface area contributed by atoms with E-state index in [0.717, 1.165) is 24.0 Å². The van der Waals surface area contributed by atoms with Gasteiger partial charge < -0.3 is 19.7 Å². The number of carbonyl (C=O) groups excluding carboxylic acids is 3. The van der Waals surface area contributed by atoms with Gasteiger partial charge in [0.05, 0.1) is 25.8 Å². The molecule has 2 rings (SSSR count). The summed E-state index contributed by atoms with van der Waals surface area (Å²) in [5.74, 6) is 0.147. The van der Waals surface area contributed by atoms with Crippen LogP contribution in [0.25, 0.3) is 0 Å². The van der Waals surface area contributed by atoms with Crippen LogP contribution in [0, 0.1) is 5.92 Å². The van der Waals surface area contributed by atoms with Crippen LogP contribution >= 0.6 is 0 Å². The van der Waals surface area contributed by atoms with Crippen LogP contribution in [0.1, 0.15) is 69.9 Å². The van der Waals surface area contributed by atoms with Crippen LogP contribution in [0.15, 0.2) is 42.5 Å². The first-order valence-corrected chi connectivity index (χ1v) is 13.6. The van der Waals surface area contributed by atoms with Gasteiger partial charge in [-0.2, -0.15) is 0 Å². The van der Waals surface area contributed by atoms with Crippen LogP contribution in [-0.4, -0.2) is 55.1 Å². The molecular weight excluding hydrogens is 498 g/mol. The van der Waals surface area contributed by atoms with Crippen LogP contribution in [0.4, 0.5) is 5.69 Å². The third kappa shape index (κ3) is 9.58. The molecule has 0 saturated heterocycles. The van der Waals surface area contributed by atoms with Crippen LogP contribution in [0.5, 0.6) is 11.5 Å². The Morgan fingerprint density at radius 2 is 1.64 bits per heavy atom. The number of hydroxylamine groups is 1. The van der Waals surface area contributed by atoms with Crippen molar-refractivity contribution in [2.24, 2.45) is 5.92 Å². The average Bonchev–Trinajstić information content (AvgIpc) is 2.96. The Morgan fingerprint density at radius 1 is 0.949 bits per heavy atom. The monoisotopic (exact) mass is 541 g/mol. The molecule has 0 fully saturated rings. The summed E-state index contributed by atoms with van der Waals surface area (Å²) in [5.41, 5.74) is 4.16. The van der Waals surface area contributed by atoms with Gasteiger partial charge in [-0.25, -0.2) is 5.48 Å². The lowest BCUT2D eigenvalue weighted by Crippen LogP contribution is -2.33. The zero-order chi connectivity index (χ0) is 28.8. The Labute approximate surface area is 231 Å². The minimum atomic E-state index is -0.412. The molecule has 9 nitrogen and oxygen atoms in total. The molecule has 39 heavy (non-hydrogen) atoms. The van der Waals surface area contributed by atoms with Crippen molar-refractivity contribution in [2.75, 3.05) is 32.6 Å². The number of hydrogen-bond acceptors (Lipinski definition) is 6. The number of nitrogens with zero attached hydrogens (tertiary/aromatic N) is 1. The second kappa shape index (κ2) is 16.4. The van der Waals surface area contributed by atoms with Gasteiger partial charge in [0.2, 0.25) is 17.7 Å². The molecule has 2 aromatic carbocycles. The summed E-state index contributed by atoms with van der Waals surface area (Å²) >= 11 is 0. The molecule has 3 amide bonds. The second-order valence-corrected chi connectivity index (χ2v) is 9.56. The molecule has 2 unspecified atom stereocenters. The molecular formula is C30H43N3O6. The van der Waals surface area contributed by atoms with Gasteiger partial charge in [0, 0.05) is 31.5 Å². The zero-order valence-corrected chi connectivity index (χ0v) is 23.8. The largest absolute Gasteiger partial charge is 0.497 e. The molecule has 0 bridgehead atoms. The topological polar surface area (TPSA) is 117 Å². The number of ether oxygens (including phenoxy) is 2. The van der Waals surface area contributed by atoms with Crippen molar-refractivity contribution in [2.45, 2.75) is 65.2 Å². The number of amides is 3. The maximum Gasteiger partial charge on any atom is 0.243 e. The number of likely N-dealkylation sites (N-methyl/N-ethyl adjacent to an activating group) is 1. The Hall–Kier alpha value is -3.59. The molecule has 0 aliphatic heterocycles. The first-order valence-electron chi connectivity index (χ1n) is 13.6. The van der Waals surface area contributed by atoms with Gasteiger partial charge in [-0.05, 0) is 63.3 Å². The standard InChI is InChI=1S/C30H43N3O6/c1-6-33(7-2)30(36)21(3)23-15-13-22(14-16-23)19-24(11-9-8-10-12-28(34)32-37)29(35)31-26-18-17-25(38-4)20-27(26)39-5/h13-18,20-21,24,37H,6-12,19H2,1-5H3,(H,31,35)(H,32,34). The Kier molecular flexibility index (Phi) is 13.3. The van der Waals surface area contributed by atoms with E-state index < -0.39 is 5.91 Å². The van der Waals surface area contributed by atoms with Crippen LogP contribution < -0.4 is 20.3 Å². The quantitative estimate of drug-likeness (QED) is 0.158. The number of nitrogens with one attached hydrogen (secondary N) is 2. The van der Waals surface area contributed by atoms with Crippen molar-refractivity contribution in [1.82, 2.24) is 10.4 Å². The van der Waals surface area contributed by atoms with Crippen molar-refractivity contribution in [1.29, 1.82) is 0 Å².